The van der Waals surface area contributed by atoms with Crippen LogP contribution in [0.5, 0.6) is 5.75 Å². The molecule has 2 aromatic rings. The van der Waals surface area contributed by atoms with E-state index in [0.29, 0.717) is 17.0 Å². The summed E-state index contributed by atoms with van der Waals surface area (Å²) in [6.45, 7) is 3.85. The summed E-state index contributed by atoms with van der Waals surface area (Å²) < 4.78 is 5.34. The first-order valence-corrected chi connectivity index (χ1v) is 5.74. The summed E-state index contributed by atoms with van der Waals surface area (Å²) in [6.07, 6.45) is 0. The van der Waals surface area contributed by atoms with E-state index in [1.54, 1.807) is 14.2 Å². The van der Waals surface area contributed by atoms with Crippen molar-refractivity contribution in [2.24, 2.45) is 7.05 Å². The van der Waals surface area contributed by atoms with E-state index in [2.05, 4.69) is 10.2 Å². The molecule has 0 radical (unpaired) electrons. The zero-order chi connectivity index (χ0) is 14.2. The minimum Gasteiger partial charge on any atom is -0.496 e. The number of aromatic carboxylic acids is 1. The van der Waals surface area contributed by atoms with Crippen molar-refractivity contribution in [1.82, 2.24) is 15.0 Å². The molecule has 0 aliphatic rings. The molecule has 0 saturated heterocycles. The molecule has 0 fully saturated rings. The summed E-state index contributed by atoms with van der Waals surface area (Å²) in [7, 11) is 3.14. The molecule has 0 aliphatic carbocycles. The van der Waals surface area contributed by atoms with Gasteiger partial charge in [0.05, 0.1) is 7.11 Å². The fourth-order valence-electron chi connectivity index (χ4n) is 2.11. The summed E-state index contributed by atoms with van der Waals surface area (Å²) in [6, 6.07) is 3.81. The molecule has 0 unspecified atom stereocenters. The van der Waals surface area contributed by atoms with Crippen molar-refractivity contribution in [3.8, 4) is 17.0 Å². The summed E-state index contributed by atoms with van der Waals surface area (Å²) in [5.74, 6) is -0.509. The maximum absolute atomic E-state index is 11.2. The van der Waals surface area contributed by atoms with Crippen LogP contribution >= 0.6 is 0 Å². The second-order valence-corrected chi connectivity index (χ2v) is 4.35. The SMILES string of the molecule is COc1cc(C)cc(C)c1-c1nn(C)nc1C(=O)O. The van der Waals surface area contributed by atoms with Gasteiger partial charge in [-0.05, 0) is 31.0 Å². The molecule has 0 amide bonds. The monoisotopic (exact) mass is 261 g/mol. The molecule has 6 heteroatoms. The summed E-state index contributed by atoms with van der Waals surface area (Å²) in [5, 5.41) is 17.2. The van der Waals surface area contributed by atoms with Gasteiger partial charge in [0, 0.05) is 12.6 Å². The number of aryl methyl sites for hydroxylation is 3. The number of carbonyl (C=O) groups is 1. The molecule has 0 bridgehead atoms. The zero-order valence-corrected chi connectivity index (χ0v) is 11.3. The third-order valence-corrected chi connectivity index (χ3v) is 2.82. The molecular formula is C13H15N3O3. The Morgan fingerprint density at radius 1 is 1.32 bits per heavy atom. The van der Waals surface area contributed by atoms with Crippen LogP contribution in [-0.4, -0.2) is 33.2 Å². The Kier molecular flexibility index (Phi) is 3.25. The Hall–Kier alpha value is -2.37. The molecule has 1 aromatic heterocycles. The van der Waals surface area contributed by atoms with Gasteiger partial charge < -0.3 is 9.84 Å². The largest absolute Gasteiger partial charge is 0.496 e. The van der Waals surface area contributed by atoms with Gasteiger partial charge in [0.1, 0.15) is 11.4 Å². The number of aromatic nitrogens is 3. The van der Waals surface area contributed by atoms with Crippen molar-refractivity contribution in [2.45, 2.75) is 13.8 Å². The van der Waals surface area contributed by atoms with Crippen molar-refractivity contribution in [3.63, 3.8) is 0 Å². The number of ether oxygens (including phenoxy) is 1. The highest BCUT2D eigenvalue weighted by Gasteiger charge is 2.23. The highest BCUT2D eigenvalue weighted by Crippen LogP contribution is 2.34. The van der Waals surface area contributed by atoms with Crippen molar-refractivity contribution in [3.05, 3.63) is 29.0 Å². The van der Waals surface area contributed by atoms with Crippen LogP contribution in [0.4, 0.5) is 0 Å². The first-order valence-electron chi connectivity index (χ1n) is 5.74. The molecule has 1 heterocycles. The second-order valence-electron chi connectivity index (χ2n) is 4.35. The predicted octanol–water partition coefficient (Wildman–Crippen LogP) is 1.81. The molecule has 0 atom stereocenters. The van der Waals surface area contributed by atoms with E-state index in [1.165, 1.54) is 4.80 Å². The van der Waals surface area contributed by atoms with Crippen molar-refractivity contribution >= 4 is 5.97 Å². The van der Waals surface area contributed by atoms with Gasteiger partial charge in [-0.15, -0.1) is 5.10 Å². The first-order chi connectivity index (χ1) is 8.93. The number of benzene rings is 1. The first kappa shape index (κ1) is 13.1. The molecule has 0 saturated carbocycles. The van der Waals surface area contributed by atoms with Crippen molar-refractivity contribution < 1.29 is 14.6 Å². The average molecular weight is 261 g/mol. The van der Waals surface area contributed by atoms with Gasteiger partial charge in [0.15, 0.2) is 5.69 Å². The third kappa shape index (κ3) is 2.29. The molecule has 100 valence electrons. The smallest absolute Gasteiger partial charge is 0.358 e. The Bertz CT molecular complexity index is 647. The Morgan fingerprint density at radius 2 is 2.00 bits per heavy atom. The second kappa shape index (κ2) is 4.72. The lowest BCUT2D eigenvalue weighted by Crippen LogP contribution is -2.02. The van der Waals surface area contributed by atoms with Crippen molar-refractivity contribution in [2.75, 3.05) is 7.11 Å². The maximum atomic E-state index is 11.2. The number of methoxy groups -OCH3 is 1. The molecular weight excluding hydrogens is 246 g/mol. The lowest BCUT2D eigenvalue weighted by atomic mass is 10.0. The van der Waals surface area contributed by atoms with Crippen LogP contribution in [0.3, 0.4) is 0 Å². The topological polar surface area (TPSA) is 77.2 Å². The van der Waals surface area contributed by atoms with Gasteiger partial charge in [-0.2, -0.15) is 9.90 Å². The summed E-state index contributed by atoms with van der Waals surface area (Å²) in [5.41, 5.74) is 2.86. The minimum atomic E-state index is -1.11. The van der Waals surface area contributed by atoms with E-state index in [9.17, 15) is 9.90 Å². The van der Waals surface area contributed by atoms with Gasteiger partial charge in [-0.25, -0.2) is 4.79 Å². The van der Waals surface area contributed by atoms with E-state index in [1.807, 2.05) is 26.0 Å². The van der Waals surface area contributed by atoms with E-state index < -0.39 is 5.97 Å². The van der Waals surface area contributed by atoms with E-state index in [4.69, 9.17) is 4.74 Å². The molecule has 19 heavy (non-hydrogen) atoms. The van der Waals surface area contributed by atoms with Crippen LogP contribution in [0.25, 0.3) is 11.3 Å². The third-order valence-electron chi connectivity index (χ3n) is 2.82. The van der Waals surface area contributed by atoms with Gasteiger partial charge in [-0.3, -0.25) is 0 Å². The van der Waals surface area contributed by atoms with Crippen LogP contribution in [0.15, 0.2) is 12.1 Å². The number of hydrogen-bond acceptors (Lipinski definition) is 4. The van der Waals surface area contributed by atoms with E-state index in [0.717, 1.165) is 11.1 Å². The number of carboxylic acid groups (broad SMARTS) is 1. The number of nitrogens with zero attached hydrogens (tertiary/aromatic N) is 3. The quantitative estimate of drug-likeness (QED) is 0.911. The summed E-state index contributed by atoms with van der Waals surface area (Å²) >= 11 is 0. The van der Waals surface area contributed by atoms with Crippen LogP contribution in [-0.2, 0) is 7.05 Å². The standard InChI is InChI=1S/C13H15N3O3/c1-7-5-8(2)10(9(6-7)19-4)11-12(13(17)18)15-16(3)14-11/h5-6H,1-4H3,(H,17,18). The number of hydrogen-bond donors (Lipinski definition) is 1. The minimum absolute atomic E-state index is 0.0762. The molecule has 2 rings (SSSR count). The van der Waals surface area contributed by atoms with E-state index in [-0.39, 0.29) is 5.69 Å². The summed E-state index contributed by atoms with van der Waals surface area (Å²) in [4.78, 5) is 12.5. The fourth-order valence-corrected chi connectivity index (χ4v) is 2.11. The normalized spacial score (nSPS) is 10.5. The van der Waals surface area contributed by atoms with Gasteiger partial charge in [0.2, 0.25) is 0 Å². The lowest BCUT2D eigenvalue weighted by Gasteiger charge is -2.11. The van der Waals surface area contributed by atoms with Crippen LogP contribution in [0.1, 0.15) is 21.6 Å². The maximum Gasteiger partial charge on any atom is 0.358 e. The van der Waals surface area contributed by atoms with Crippen molar-refractivity contribution in [1.29, 1.82) is 0 Å². The highest BCUT2D eigenvalue weighted by molar-refractivity contribution is 5.94. The predicted molar refractivity (Wildman–Crippen MR) is 69.4 cm³/mol. The van der Waals surface area contributed by atoms with Gasteiger partial charge in [-0.1, -0.05) is 6.07 Å². The van der Waals surface area contributed by atoms with Crippen LogP contribution in [0.2, 0.25) is 0 Å². The number of carboxylic acids is 1. The Morgan fingerprint density at radius 3 is 2.58 bits per heavy atom. The molecule has 1 N–H and O–H groups in total. The average Bonchev–Trinajstić information content (AvgIpc) is 2.70. The highest BCUT2D eigenvalue weighted by atomic mass is 16.5. The van der Waals surface area contributed by atoms with Gasteiger partial charge >= 0.3 is 5.97 Å². The van der Waals surface area contributed by atoms with Gasteiger partial charge in [0.25, 0.3) is 0 Å². The lowest BCUT2D eigenvalue weighted by molar-refractivity contribution is 0.0690. The Labute approximate surface area is 110 Å². The fraction of sp³-hybridized carbons (Fsp3) is 0.308. The van der Waals surface area contributed by atoms with Crippen LogP contribution < -0.4 is 4.74 Å². The molecule has 6 nitrogen and oxygen atoms in total. The molecule has 1 aromatic carbocycles. The molecule has 0 spiro atoms. The van der Waals surface area contributed by atoms with E-state index >= 15 is 0 Å². The zero-order valence-electron chi connectivity index (χ0n) is 11.3. The number of rotatable bonds is 3. The molecule has 0 aliphatic heterocycles. The van der Waals surface area contributed by atoms with Crippen LogP contribution in [0, 0.1) is 13.8 Å². The Balaban J connectivity index is 2.75.